The van der Waals surface area contributed by atoms with Crippen LogP contribution in [-0.2, 0) is 11.3 Å². The van der Waals surface area contributed by atoms with E-state index in [1.165, 1.54) is 30.0 Å². The molecule has 4 aromatic rings. The van der Waals surface area contributed by atoms with Crippen molar-refractivity contribution in [1.82, 2.24) is 14.8 Å². The Morgan fingerprint density at radius 1 is 1.19 bits per heavy atom. The van der Waals surface area contributed by atoms with E-state index in [-0.39, 0.29) is 16.6 Å². The third kappa shape index (κ3) is 5.15. The van der Waals surface area contributed by atoms with E-state index in [0.29, 0.717) is 11.7 Å². The number of carbonyl (C=O) groups is 1. The first-order chi connectivity index (χ1) is 15.0. The molecule has 2 aromatic heterocycles. The molecule has 0 saturated carbocycles. The molecule has 1 amide bonds. The molecular formula is C22H18ClFN4OS2. The number of hydrogen-bond donors (Lipinski definition) is 1. The largest absolute Gasteiger partial charge is 0.323 e. The van der Waals surface area contributed by atoms with Crippen molar-refractivity contribution in [3.63, 3.8) is 0 Å². The average Bonchev–Trinajstić information content (AvgIpc) is 3.41. The first kappa shape index (κ1) is 21.5. The minimum atomic E-state index is -0.578. The van der Waals surface area contributed by atoms with Gasteiger partial charge in [-0.2, -0.15) is 0 Å². The zero-order chi connectivity index (χ0) is 21.8. The summed E-state index contributed by atoms with van der Waals surface area (Å²) < 4.78 is 16.0. The minimum absolute atomic E-state index is 0.0897. The highest BCUT2D eigenvalue weighted by molar-refractivity contribution is 8.00. The van der Waals surface area contributed by atoms with Gasteiger partial charge in [0.15, 0.2) is 11.0 Å². The third-order valence-electron chi connectivity index (χ3n) is 4.48. The summed E-state index contributed by atoms with van der Waals surface area (Å²) in [6.45, 7) is 2.32. The highest BCUT2D eigenvalue weighted by Gasteiger charge is 2.22. The standard InChI is InChI=1S/C22H18ClFN4OS2/c1-14(21(29)25-18-10-9-16(23)12-17(18)24)31-22-27-26-20(19-8-5-11-30-19)28(22)13-15-6-3-2-4-7-15/h2-12,14H,13H2,1H3,(H,25,29). The van der Waals surface area contributed by atoms with Gasteiger partial charge >= 0.3 is 0 Å². The number of aromatic nitrogens is 3. The Bertz CT molecular complexity index is 1180. The van der Waals surface area contributed by atoms with Gasteiger partial charge in [-0.1, -0.05) is 59.8 Å². The number of thiophene rings is 1. The second kappa shape index (κ2) is 9.64. The zero-order valence-corrected chi connectivity index (χ0v) is 18.8. The van der Waals surface area contributed by atoms with Gasteiger partial charge in [0.05, 0.1) is 22.4 Å². The number of thioether (sulfide) groups is 1. The van der Waals surface area contributed by atoms with Crippen LogP contribution in [0, 0.1) is 5.82 Å². The summed E-state index contributed by atoms with van der Waals surface area (Å²) in [6.07, 6.45) is 0. The summed E-state index contributed by atoms with van der Waals surface area (Å²) in [6, 6.07) is 18.1. The zero-order valence-electron chi connectivity index (χ0n) is 16.5. The van der Waals surface area contributed by atoms with Gasteiger partial charge in [-0.25, -0.2) is 4.39 Å². The first-order valence-corrected chi connectivity index (χ1v) is 11.6. The van der Waals surface area contributed by atoms with E-state index in [2.05, 4.69) is 15.5 Å². The summed E-state index contributed by atoms with van der Waals surface area (Å²) in [5.41, 5.74) is 1.19. The molecule has 0 spiro atoms. The van der Waals surface area contributed by atoms with E-state index in [0.717, 1.165) is 16.3 Å². The normalized spacial score (nSPS) is 12.0. The number of anilines is 1. The highest BCUT2D eigenvalue weighted by atomic mass is 35.5. The Kier molecular flexibility index (Phi) is 6.70. The van der Waals surface area contributed by atoms with E-state index < -0.39 is 11.1 Å². The van der Waals surface area contributed by atoms with Gasteiger partial charge in [0, 0.05) is 5.02 Å². The van der Waals surface area contributed by atoms with Crippen molar-refractivity contribution in [2.45, 2.75) is 23.9 Å². The summed E-state index contributed by atoms with van der Waals surface area (Å²) in [4.78, 5) is 13.7. The molecule has 0 radical (unpaired) electrons. The molecule has 0 aliphatic rings. The molecule has 0 aliphatic carbocycles. The number of amides is 1. The SMILES string of the molecule is CC(Sc1nnc(-c2cccs2)n1Cc1ccccc1)C(=O)Nc1ccc(Cl)cc1F. The van der Waals surface area contributed by atoms with Crippen LogP contribution in [0.2, 0.25) is 5.02 Å². The molecule has 31 heavy (non-hydrogen) atoms. The van der Waals surface area contributed by atoms with Crippen LogP contribution in [0.15, 0.2) is 71.2 Å². The Morgan fingerprint density at radius 2 is 2.00 bits per heavy atom. The van der Waals surface area contributed by atoms with Gasteiger partial charge in [0.2, 0.25) is 5.91 Å². The predicted molar refractivity (Wildman–Crippen MR) is 124 cm³/mol. The summed E-state index contributed by atoms with van der Waals surface area (Å²) >= 11 is 8.63. The molecule has 2 aromatic carbocycles. The van der Waals surface area contributed by atoms with Gasteiger partial charge in [-0.3, -0.25) is 9.36 Å². The quantitative estimate of drug-likeness (QED) is 0.337. The van der Waals surface area contributed by atoms with Crippen molar-refractivity contribution in [1.29, 1.82) is 0 Å². The van der Waals surface area contributed by atoms with Gasteiger partial charge in [-0.15, -0.1) is 21.5 Å². The molecule has 2 heterocycles. The van der Waals surface area contributed by atoms with E-state index in [4.69, 9.17) is 11.6 Å². The number of benzene rings is 2. The molecule has 1 N–H and O–H groups in total. The maximum Gasteiger partial charge on any atom is 0.237 e. The Morgan fingerprint density at radius 3 is 2.71 bits per heavy atom. The number of rotatable bonds is 7. The van der Waals surface area contributed by atoms with Crippen LogP contribution in [0.1, 0.15) is 12.5 Å². The molecule has 0 saturated heterocycles. The number of hydrogen-bond acceptors (Lipinski definition) is 5. The lowest BCUT2D eigenvalue weighted by atomic mass is 10.2. The molecule has 4 rings (SSSR count). The van der Waals surface area contributed by atoms with Crippen molar-refractivity contribution in [3.05, 3.63) is 82.4 Å². The fraction of sp³-hybridized carbons (Fsp3) is 0.136. The van der Waals surface area contributed by atoms with Crippen LogP contribution in [0.4, 0.5) is 10.1 Å². The average molecular weight is 473 g/mol. The lowest BCUT2D eigenvalue weighted by molar-refractivity contribution is -0.115. The van der Waals surface area contributed by atoms with Crippen molar-refractivity contribution in [2.24, 2.45) is 0 Å². The third-order valence-corrected chi connectivity index (χ3v) is 6.66. The van der Waals surface area contributed by atoms with Crippen LogP contribution in [0.3, 0.4) is 0 Å². The Balaban J connectivity index is 1.56. The maximum absolute atomic E-state index is 14.0. The summed E-state index contributed by atoms with van der Waals surface area (Å²) in [7, 11) is 0. The summed E-state index contributed by atoms with van der Waals surface area (Å²) in [5.74, 6) is -0.166. The summed E-state index contributed by atoms with van der Waals surface area (Å²) in [5, 5.41) is 13.7. The fourth-order valence-electron chi connectivity index (χ4n) is 2.91. The maximum atomic E-state index is 14.0. The van der Waals surface area contributed by atoms with Gasteiger partial charge in [-0.05, 0) is 42.1 Å². The Labute approximate surface area is 192 Å². The highest BCUT2D eigenvalue weighted by Crippen LogP contribution is 2.30. The molecule has 5 nitrogen and oxygen atoms in total. The fourth-order valence-corrected chi connectivity index (χ4v) is 4.63. The molecule has 0 aliphatic heterocycles. The second-order valence-electron chi connectivity index (χ2n) is 6.73. The van der Waals surface area contributed by atoms with E-state index in [9.17, 15) is 9.18 Å². The van der Waals surface area contributed by atoms with Gasteiger partial charge < -0.3 is 5.32 Å². The molecular weight excluding hydrogens is 455 g/mol. The van der Waals surface area contributed by atoms with Crippen LogP contribution < -0.4 is 5.32 Å². The molecule has 1 atom stereocenters. The number of nitrogens with zero attached hydrogens (tertiary/aromatic N) is 3. The van der Waals surface area contributed by atoms with Crippen LogP contribution in [0.25, 0.3) is 10.7 Å². The first-order valence-electron chi connectivity index (χ1n) is 9.45. The Hall–Kier alpha value is -2.68. The topological polar surface area (TPSA) is 59.8 Å². The lowest BCUT2D eigenvalue weighted by Gasteiger charge is -2.14. The lowest BCUT2D eigenvalue weighted by Crippen LogP contribution is -2.23. The molecule has 9 heteroatoms. The second-order valence-corrected chi connectivity index (χ2v) is 9.42. The predicted octanol–water partition coefficient (Wildman–Crippen LogP) is 5.97. The van der Waals surface area contributed by atoms with Crippen molar-refractivity contribution >= 4 is 46.3 Å². The molecule has 158 valence electrons. The van der Waals surface area contributed by atoms with E-state index in [1.807, 2.05) is 52.4 Å². The van der Waals surface area contributed by atoms with Crippen molar-refractivity contribution < 1.29 is 9.18 Å². The van der Waals surface area contributed by atoms with Crippen LogP contribution in [0.5, 0.6) is 0 Å². The van der Waals surface area contributed by atoms with Crippen LogP contribution in [-0.4, -0.2) is 25.9 Å². The number of nitrogens with one attached hydrogen (secondary N) is 1. The van der Waals surface area contributed by atoms with Crippen molar-refractivity contribution in [3.8, 4) is 10.7 Å². The van der Waals surface area contributed by atoms with E-state index in [1.54, 1.807) is 18.3 Å². The number of carbonyl (C=O) groups excluding carboxylic acids is 1. The minimum Gasteiger partial charge on any atom is -0.323 e. The number of halogens is 2. The smallest absolute Gasteiger partial charge is 0.237 e. The molecule has 1 unspecified atom stereocenters. The van der Waals surface area contributed by atoms with Gasteiger partial charge in [0.1, 0.15) is 5.82 Å². The van der Waals surface area contributed by atoms with Crippen LogP contribution >= 0.6 is 34.7 Å². The monoisotopic (exact) mass is 472 g/mol. The molecule has 0 fully saturated rings. The van der Waals surface area contributed by atoms with E-state index >= 15 is 0 Å². The van der Waals surface area contributed by atoms with Crippen molar-refractivity contribution in [2.75, 3.05) is 5.32 Å². The van der Waals surface area contributed by atoms with Gasteiger partial charge in [0.25, 0.3) is 0 Å². The molecule has 0 bridgehead atoms.